The van der Waals surface area contributed by atoms with Crippen LogP contribution in [-0.2, 0) is 4.79 Å². The van der Waals surface area contributed by atoms with Crippen molar-refractivity contribution in [1.82, 2.24) is 15.6 Å². The molecule has 0 atom stereocenters. The monoisotopic (exact) mass is 415 g/mol. The van der Waals surface area contributed by atoms with Crippen LogP contribution in [0.25, 0.3) is 0 Å². The maximum Gasteiger partial charge on any atom is 0.250 e. The number of aromatic nitrogens is 2. The molecule has 1 aromatic carbocycles. The molecule has 1 aromatic heterocycles. The summed E-state index contributed by atoms with van der Waals surface area (Å²) in [7, 11) is 0. The van der Waals surface area contributed by atoms with E-state index < -0.39 is 0 Å². The van der Waals surface area contributed by atoms with Crippen molar-refractivity contribution in [2.24, 2.45) is 5.10 Å². The van der Waals surface area contributed by atoms with Crippen molar-refractivity contribution >= 4 is 56.3 Å². The number of hydrogen-bond acceptors (Lipinski definition) is 8. The van der Waals surface area contributed by atoms with Crippen LogP contribution in [0.2, 0.25) is 0 Å². The van der Waals surface area contributed by atoms with Gasteiger partial charge in [-0.25, -0.2) is 5.43 Å². The number of carbonyl (C=O) groups is 1. The summed E-state index contributed by atoms with van der Waals surface area (Å²) < 4.78 is 7.05. The van der Waals surface area contributed by atoms with E-state index >= 15 is 0 Å². The molecule has 10 heteroatoms. The Morgan fingerprint density at radius 1 is 1.57 bits per heavy atom. The Kier molecular flexibility index (Phi) is 6.81. The molecular weight excluding hydrogens is 402 g/mol. The van der Waals surface area contributed by atoms with Crippen molar-refractivity contribution in [2.75, 3.05) is 18.1 Å². The van der Waals surface area contributed by atoms with Crippen molar-refractivity contribution in [3.8, 4) is 5.75 Å². The first-order valence-electron chi connectivity index (χ1n) is 6.54. The minimum Gasteiger partial charge on any atom is -0.493 e. The lowest BCUT2D eigenvalue weighted by atomic mass is 10.2. The summed E-state index contributed by atoms with van der Waals surface area (Å²) in [6.07, 6.45) is 1.54. The molecule has 0 spiro atoms. The lowest BCUT2D eigenvalue weighted by Crippen LogP contribution is -2.19. The predicted octanol–water partition coefficient (Wildman–Crippen LogP) is 2.52. The normalized spacial score (nSPS) is 10.9. The topological polar surface area (TPSA) is 102 Å². The van der Waals surface area contributed by atoms with E-state index in [1.165, 1.54) is 23.1 Å². The smallest absolute Gasteiger partial charge is 0.250 e. The highest BCUT2D eigenvalue weighted by Crippen LogP contribution is 2.23. The van der Waals surface area contributed by atoms with Crippen LogP contribution in [0.15, 0.2) is 32.1 Å². The van der Waals surface area contributed by atoms with Gasteiger partial charge in [0.15, 0.2) is 4.34 Å². The van der Waals surface area contributed by atoms with Gasteiger partial charge in [-0.15, -0.1) is 10.2 Å². The fraction of sp³-hybridized carbons (Fsp3) is 0.231. The van der Waals surface area contributed by atoms with Gasteiger partial charge >= 0.3 is 0 Å². The van der Waals surface area contributed by atoms with Crippen molar-refractivity contribution < 1.29 is 9.53 Å². The maximum atomic E-state index is 11.7. The largest absolute Gasteiger partial charge is 0.493 e. The number of nitrogens with zero attached hydrogens (tertiary/aromatic N) is 3. The van der Waals surface area contributed by atoms with Crippen LogP contribution in [-0.4, -0.2) is 34.7 Å². The summed E-state index contributed by atoms with van der Waals surface area (Å²) in [5, 5.41) is 11.8. The number of benzene rings is 1. The Balaban J connectivity index is 1.88. The standard InChI is InChI=1S/C13H14BrN5O2S2/c1-2-21-10-4-3-9(14)5-8(10)6-16-17-11(20)7-22-13-19-18-12(15)23-13/h3-6H,2,7H2,1H3,(H2,15,18)(H,17,20). The van der Waals surface area contributed by atoms with E-state index in [9.17, 15) is 4.79 Å². The van der Waals surface area contributed by atoms with E-state index in [0.717, 1.165) is 10.0 Å². The number of anilines is 1. The maximum absolute atomic E-state index is 11.7. The van der Waals surface area contributed by atoms with Gasteiger partial charge in [0, 0.05) is 10.0 Å². The number of amides is 1. The highest BCUT2D eigenvalue weighted by Gasteiger charge is 2.06. The lowest BCUT2D eigenvalue weighted by Gasteiger charge is -2.07. The first-order valence-corrected chi connectivity index (χ1v) is 9.14. The Bertz CT molecular complexity index is 707. The van der Waals surface area contributed by atoms with Gasteiger partial charge in [0.05, 0.1) is 18.6 Å². The van der Waals surface area contributed by atoms with Gasteiger partial charge in [0.25, 0.3) is 5.91 Å². The molecule has 0 saturated carbocycles. The first kappa shape index (κ1) is 17.7. The number of hydrogen-bond donors (Lipinski definition) is 2. The molecule has 3 N–H and O–H groups in total. The molecule has 23 heavy (non-hydrogen) atoms. The molecule has 7 nitrogen and oxygen atoms in total. The fourth-order valence-electron chi connectivity index (χ4n) is 1.52. The highest BCUT2D eigenvalue weighted by atomic mass is 79.9. The number of rotatable bonds is 7. The average Bonchev–Trinajstić information content (AvgIpc) is 2.93. The van der Waals surface area contributed by atoms with E-state index in [2.05, 4.69) is 36.7 Å². The molecule has 1 heterocycles. The summed E-state index contributed by atoms with van der Waals surface area (Å²) in [5.41, 5.74) is 8.70. The molecule has 2 aromatic rings. The summed E-state index contributed by atoms with van der Waals surface area (Å²) in [4.78, 5) is 11.7. The molecule has 0 radical (unpaired) electrons. The van der Waals surface area contributed by atoms with Gasteiger partial charge in [0.1, 0.15) is 5.75 Å². The molecule has 122 valence electrons. The SMILES string of the molecule is CCOc1ccc(Br)cc1C=NNC(=O)CSc1nnc(N)s1. The van der Waals surface area contributed by atoms with Crippen molar-refractivity contribution in [3.63, 3.8) is 0 Å². The third kappa shape index (κ3) is 5.81. The van der Waals surface area contributed by atoms with Gasteiger partial charge in [-0.2, -0.15) is 5.10 Å². The predicted molar refractivity (Wildman–Crippen MR) is 96.1 cm³/mol. The van der Waals surface area contributed by atoms with Crippen molar-refractivity contribution in [1.29, 1.82) is 0 Å². The zero-order valence-electron chi connectivity index (χ0n) is 12.2. The third-order valence-electron chi connectivity index (χ3n) is 2.41. The molecule has 0 aliphatic heterocycles. The number of nitrogens with two attached hydrogens (primary N) is 1. The number of nitrogen functional groups attached to an aromatic ring is 1. The Morgan fingerprint density at radius 3 is 3.09 bits per heavy atom. The average molecular weight is 416 g/mol. The lowest BCUT2D eigenvalue weighted by molar-refractivity contribution is -0.118. The zero-order chi connectivity index (χ0) is 16.7. The number of nitrogens with one attached hydrogen (secondary N) is 1. The van der Waals surface area contributed by atoms with Crippen LogP contribution in [0.5, 0.6) is 5.75 Å². The molecular formula is C13H14BrN5O2S2. The van der Waals surface area contributed by atoms with Crippen LogP contribution in [0.3, 0.4) is 0 Å². The minimum absolute atomic E-state index is 0.183. The molecule has 2 rings (SSSR count). The Morgan fingerprint density at radius 2 is 2.39 bits per heavy atom. The van der Waals surface area contributed by atoms with E-state index in [0.29, 0.717) is 21.8 Å². The van der Waals surface area contributed by atoms with Crippen LogP contribution < -0.4 is 15.9 Å². The summed E-state index contributed by atoms with van der Waals surface area (Å²) in [5.74, 6) is 0.642. The number of carbonyl (C=O) groups excluding carboxylic acids is 1. The molecule has 1 amide bonds. The van der Waals surface area contributed by atoms with Gasteiger partial charge in [-0.05, 0) is 25.1 Å². The fourth-order valence-corrected chi connectivity index (χ4v) is 3.33. The number of hydrazone groups is 1. The third-order valence-corrected chi connectivity index (χ3v) is 4.79. The Labute approximate surface area is 149 Å². The van der Waals surface area contributed by atoms with E-state index in [1.807, 2.05) is 25.1 Å². The first-order chi connectivity index (χ1) is 11.1. The van der Waals surface area contributed by atoms with Crippen LogP contribution in [0.1, 0.15) is 12.5 Å². The van der Waals surface area contributed by atoms with Crippen molar-refractivity contribution in [2.45, 2.75) is 11.3 Å². The van der Waals surface area contributed by atoms with Gasteiger partial charge in [0.2, 0.25) is 5.13 Å². The van der Waals surface area contributed by atoms with Gasteiger partial charge in [-0.3, -0.25) is 4.79 Å². The van der Waals surface area contributed by atoms with Crippen molar-refractivity contribution in [3.05, 3.63) is 28.2 Å². The molecule has 0 unspecified atom stereocenters. The van der Waals surface area contributed by atoms with E-state index in [-0.39, 0.29) is 11.7 Å². The second-order valence-corrected chi connectivity index (χ2v) is 7.25. The summed E-state index contributed by atoms with van der Waals surface area (Å²) in [6.45, 7) is 2.46. The summed E-state index contributed by atoms with van der Waals surface area (Å²) >= 11 is 5.89. The summed E-state index contributed by atoms with van der Waals surface area (Å²) in [6, 6.07) is 5.58. The highest BCUT2D eigenvalue weighted by molar-refractivity contribution is 9.10. The van der Waals surface area contributed by atoms with Crippen LogP contribution >= 0.6 is 39.0 Å². The zero-order valence-corrected chi connectivity index (χ0v) is 15.4. The molecule has 0 fully saturated rings. The van der Waals surface area contributed by atoms with Gasteiger partial charge < -0.3 is 10.5 Å². The van der Waals surface area contributed by atoms with E-state index in [1.54, 1.807) is 6.21 Å². The molecule has 0 aliphatic rings. The second kappa shape index (κ2) is 8.85. The molecule has 0 saturated heterocycles. The minimum atomic E-state index is -0.243. The van der Waals surface area contributed by atoms with Crippen LogP contribution in [0.4, 0.5) is 5.13 Å². The van der Waals surface area contributed by atoms with Gasteiger partial charge in [-0.1, -0.05) is 39.0 Å². The second-order valence-electron chi connectivity index (χ2n) is 4.10. The quantitative estimate of drug-likeness (QED) is 0.409. The Hall–Kier alpha value is -1.65. The number of ether oxygens (including phenoxy) is 1. The number of halogens is 1. The number of thioether (sulfide) groups is 1. The van der Waals surface area contributed by atoms with Crippen LogP contribution in [0, 0.1) is 0 Å². The van der Waals surface area contributed by atoms with E-state index in [4.69, 9.17) is 10.5 Å². The molecule has 0 aliphatic carbocycles. The molecule has 0 bridgehead atoms.